The third kappa shape index (κ3) is 4.24. The summed E-state index contributed by atoms with van der Waals surface area (Å²) >= 11 is 0. The maximum Gasteiger partial charge on any atom is 0.265 e. The summed E-state index contributed by atoms with van der Waals surface area (Å²) in [7, 11) is -4.02. The largest absolute Gasteiger partial charge is 0.352 e. The molecule has 2 aromatic carbocycles. The fraction of sp³-hybridized carbons (Fsp3) is 0.222. The second kappa shape index (κ2) is 7.48. The molecule has 132 valence electrons. The third-order valence-corrected chi connectivity index (χ3v) is 5.19. The number of carbonyl (C=O) groups is 2. The van der Waals surface area contributed by atoms with Crippen molar-refractivity contribution in [1.82, 2.24) is 10.0 Å². The molecule has 0 aliphatic rings. The molecular formula is C18H20N2O4S. The lowest BCUT2D eigenvalue weighted by Crippen LogP contribution is -2.31. The molecule has 0 saturated carbocycles. The van der Waals surface area contributed by atoms with Crippen LogP contribution in [0, 0.1) is 13.8 Å². The van der Waals surface area contributed by atoms with Crippen LogP contribution in [0.15, 0.2) is 47.4 Å². The standard InChI is InChI=1S/C18H20N2O4S/c1-4-19-17(21)14-8-10-15(11-9-14)25(23,24)20-18(22)16-7-5-6-12(2)13(16)3/h5-11H,4H2,1-3H3,(H,19,21)(H,20,22). The van der Waals surface area contributed by atoms with Crippen molar-refractivity contribution in [3.05, 3.63) is 64.7 Å². The van der Waals surface area contributed by atoms with Crippen molar-refractivity contribution in [3.8, 4) is 0 Å². The molecule has 2 rings (SSSR count). The van der Waals surface area contributed by atoms with Gasteiger partial charge in [-0.15, -0.1) is 0 Å². The van der Waals surface area contributed by atoms with E-state index in [0.29, 0.717) is 17.7 Å². The van der Waals surface area contributed by atoms with Crippen molar-refractivity contribution in [1.29, 1.82) is 0 Å². The number of sulfonamides is 1. The lowest BCUT2D eigenvalue weighted by molar-refractivity contribution is 0.0952. The summed E-state index contributed by atoms with van der Waals surface area (Å²) in [6.07, 6.45) is 0. The number of rotatable bonds is 5. The Morgan fingerprint density at radius 2 is 1.60 bits per heavy atom. The van der Waals surface area contributed by atoms with Crippen LogP contribution in [-0.4, -0.2) is 26.8 Å². The van der Waals surface area contributed by atoms with Gasteiger partial charge in [-0.1, -0.05) is 12.1 Å². The van der Waals surface area contributed by atoms with Gasteiger partial charge in [-0.3, -0.25) is 9.59 Å². The smallest absolute Gasteiger partial charge is 0.265 e. The number of hydrogen-bond donors (Lipinski definition) is 2. The van der Waals surface area contributed by atoms with Gasteiger partial charge in [0.1, 0.15) is 0 Å². The Labute approximate surface area is 147 Å². The van der Waals surface area contributed by atoms with Gasteiger partial charge in [-0.2, -0.15) is 0 Å². The van der Waals surface area contributed by atoms with Gasteiger partial charge in [-0.25, -0.2) is 13.1 Å². The summed E-state index contributed by atoms with van der Waals surface area (Å²) in [5.41, 5.74) is 2.28. The molecule has 0 aliphatic heterocycles. The van der Waals surface area contributed by atoms with Gasteiger partial charge in [0.05, 0.1) is 4.90 Å². The lowest BCUT2D eigenvalue weighted by atomic mass is 10.0. The molecule has 0 bridgehead atoms. The molecule has 0 fully saturated rings. The molecule has 2 N–H and O–H groups in total. The normalized spacial score (nSPS) is 11.0. The monoisotopic (exact) mass is 360 g/mol. The molecule has 6 nitrogen and oxygen atoms in total. The van der Waals surface area contributed by atoms with Gasteiger partial charge in [0, 0.05) is 17.7 Å². The first kappa shape index (κ1) is 18.7. The molecule has 0 aromatic heterocycles. The molecule has 0 spiro atoms. The van der Waals surface area contributed by atoms with E-state index in [2.05, 4.69) is 10.0 Å². The van der Waals surface area contributed by atoms with Crippen LogP contribution in [0.1, 0.15) is 38.8 Å². The zero-order chi connectivity index (χ0) is 18.6. The highest BCUT2D eigenvalue weighted by atomic mass is 32.2. The second-order valence-corrected chi connectivity index (χ2v) is 7.25. The summed E-state index contributed by atoms with van der Waals surface area (Å²) in [6.45, 7) is 5.88. The van der Waals surface area contributed by atoms with E-state index >= 15 is 0 Å². The summed E-state index contributed by atoms with van der Waals surface area (Å²) in [6, 6.07) is 10.5. The maximum atomic E-state index is 12.4. The van der Waals surface area contributed by atoms with E-state index < -0.39 is 15.9 Å². The van der Waals surface area contributed by atoms with Crippen LogP contribution in [0.2, 0.25) is 0 Å². The third-order valence-electron chi connectivity index (χ3n) is 3.84. The predicted octanol–water partition coefficient (Wildman–Crippen LogP) is 2.17. The van der Waals surface area contributed by atoms with E-state index in [-0.39, 0.29) is 10.8 Å². The van der Waals surface area contributed by atoms with Crippen LogP contribution in [-0.2, 0) is 10.0 Å². The fourth-order valence-electron chi connectivity index (χ4n) is 2.28. The van der Waals surface area contributed by atoms with E-state index in [1.807, 2.05) is 13.0 Å². The highest BCUT2D eigenvalue weighted by Gasteiger charge is 2.20. The molecule has 0 atom stereocenters. The first-order valence-electron chi connectivity index (χ1n) is 7.78. The quantitative estimate of drug-likeness (QED) is 0.855. The van der Waals surface area contributed by atoms with Crippen LogP contribution in [0.5, 0.6) is 0 Å². The summed E-state index contributed by atoms with van der Waals surface area (Å²) in [5.74, 6) is -0.972. The Hall–Kier alpha value is -2.67. The zero-order valence-corrected chi connectivity index (χ0v) is 15.1. The fourth-order valence-corrected chi connectivity index (χ4v) is 3.25. The van der Waals surface area contributed by atoms with Gasteiger partial charge in [-0.05, 0) is 62.2 Å². The van der Waals surface area contributed by atoms with Crippen molar-refractivity contribution >= 4 is 21.8 Å². The minimum Gasteiger partial charge on any atom is -0.352 e. The van der Waals surface area contributed by atoms with Crippen LogP contribution >= 0.6 is 0 Å². The lowest BCUT2D eigenvalue weighted by Gasteiger charge is -2.10. The average molecular weight is 360 g/mol. The Bertz CT molecular complexity index is 903. The van der Waals surface area contributed by atoms with E-state index in [4.69, 9.17) is 0 Å². The van der Waals surface area contributed by atoms with Crippen molar-refractivity contribution in [2.75, 3.05) is 6.54 Å². The van der Waals surface area contributed by atoms with Crippen molar-refractivity contribution < 1.29 is 18.0 Å². The Kier molecular flexibility index (Phi) is 5.58. The second-order valence-electron chi connectivity index (χ2n) is 5.57. The number of hydrogen-bond acceptors (Lipinski definition) is 4. The van der Waals surface area contributed by atoms with Gasteiger partial charge in [0.25, 0.3) is 21.8 Å². The number of aryl methyl sites for hydroxylation is 1. The molecule has 2 aromatic rings. The first-order valence-corrected chi connectivity index (χ1v) is 9.26. The number of benzene rings is 2. The number of nitrogens with one attached hydrogen (secondary N) is 2. The first-order chi connectivity index (χ1) is 11.8. The van der Waals surface area contributed by atoms with Gasteiger partial charge >= 0.3 is 0 Å². The Balaban J connectivity index is 2.23. The van der Waals surface area contributed by atoms with Gasteiger partial charge in [0.15, 0.2) is 0 Å². The predicted molar refractivity (Wildman–Crippen MR) is 95.0 cm³/mol. The van der Waals surface area contributed by atoms with Crippen molar-refractivity contribution in [3.63, 3.8) is 0 Å². The van der Waals surface area contributed by atoms with Crippen LogP contribution in [0.3, 0.4) is 0 Å². The average Bonchev–Trinajstić information content (AvgIpc) is 2.57. The van der Waals surface area contributed by atoms with E-state index in [1.54, 1.807) is 26.0 Å². The highest BCUT2D eigenvalue weighted by molar-refractivity contribution is 7.90. The topological polar surface area (TPSA) is 92.3 Å². The van der Waals surface area contributed by atoms with Crippen LogP contribution < -0.4 is 10.0 Å². The van der Waals surface area contributed by atoms with Crippen molar-refractivity contribution in [2.24, 2.45) is 0 Å². The molecule has 0 heterocycles. The molecule has 2 amide bonds. The Morgan fingerprint density at radius 3 is 2.20 bits per heavy atom. The van der Waals surface area contributed by atoms with Crippen LogP contribution in [0.4, 0.5) is 0 Å². The molecule has 7 heteroatoms. The number of carbonyl (C=O) groups excluding carboxylic acids is 2. The molecular weight excluding hydrogens is 340 g/mol. The molecule has 0 saturated heterocycles. The van der Waals surface area contributed by atoms with E-state index in [0.717, 1.165) is 11.1 Å². The number of amides is 2. The van der Waals surface area contributed by atoms with Gasteiger partial charge < -0.3 is 5.32 Å². The Morgan fingerprint density at radius 1 is 0.960 bits per heavy atom. The molecule has 25 heavy (non-hydrogen) atoms. The van der Waals surface area contributed by atoms with Crippen molar-refractivity contribution in [2.45, 2.75) is 25.7 Å². The maximum absolute atomic E-state index is 12.4. The minimum absolute atomic E-state index is 0.0841. The summed E-state index contributed by atoms with van der Waals surface area (Å²) < 4.78 is 26.8. The molecule has 0 unspecified atom stereocenters. The van der Waals surface area contributed by atoms with E-state index in [9.17, 15) is 18.0 Å². The SMILES string of the molecule is CCNC(=O)c1ccc(S(=O)(=O)NC(=O)c2cccc(C)c2C)cc1. The summed E-state index contributed by atoms with van der Waals surface area (Å²) in [4.78, 5) is 23.9. The molecule has 0 aliphatic carbocycles. The van der Waals surface area contributed by atoms with E-state index in [1.165, 1.54) is 24.3 Å². The van der Waals surface area contributed by atoms with Crippen LogP contribution in [0.25, 0.3) is 0 Å². The zero-order valence-electron chi connectivity index (χ0n) is 14.3. The summed E-state index contributed by atoms with van der Waals surface area (Å²) in [5, 5.41) is 2.63. The van der Waals surface area contributed by atoms with Gasteiger partial charge in [0.2, 0.25) is 0 Å². The highest BCUT2D eigenvalue weighted by Crippen LogP contribution is 2.15. The molecule has 0 radical (unpaired) electrons. The minimum atomic E-state index is -4.02.